The van der Waals surface area contributed by atoms with Crippen molar-refractivity contribution in [1.82, 2.24) is 4.57 Å². The van der Waals surface area contributed by atoms with Crippen LogP contribution in [0.1, 0.15) is 59.4 Å². The van der Waals surface area contributed by atoms with Gasteiger partial charge >= 0.3 is 0 Å². The van der Waals surface area contributed by atoms with Gasteiger partial charge in [0.2, 0.25) is 5.91 Å². The standard InChI is InChI=1S/C24H34N2O5/c1-22(2)13-23(3,4)15-24(31,14-22)10-20(29)25-19-7-5-6-18-17(19)8-9-26(21(18)30)16(11-27)12-28/h5-9,16,27-28,31H,10-15H2,1-4H3,(H,25,29). The molecule has 1 amide bonds. The molecule has 0 spiro atoms. The number of amides is 1. The highest BCUT2D eigenvalue weighted by Gasteiger charge is 2.47. The van der Waals surface area contributed by atoms with E-state index in [1.165, 1.54) is 10.8 Å². The first-order chi connectivity index (χ1) is 14.4. The molecule has 0 atom stereocenters. The second kappa shape index (κ2) is 8.37. The first-order valence-electron chi connectivity index (χ1n) is 10.8. The smallest absolute Gasteiger partial charge is 0.258 e. The zero-order valence-electron chi connectivity index (χ0n) is 18.8. The van der Waals surface area contributed by atoms with Crippen molar-refractivity contribution < 1.29 is 20.1 Å². The lowest BCUT2D eigenvalue weighted by molar-refractivity contribution is -0.130. The lowest BCUT2D eigenvalue weighted by atomic mass is 9.59. The van der Waals surface area contributed by atoms with Crippen molar-refractivity contribution in [2.45, 2.75) is 65.0 Å². The molecule has 0 aliphatic heterocycles. The van der Waals surface area contributed by atoms with Crippen LogP contribution in [0.15, 0.2) is 35.3 Å². The maximum Gasteiger partial charge on any atom is 0.258 e. The Morgan fingerprint density at radius 3 is 2.23 bits per heavy atom. The van der Waals surface area contributed by atoms with E-state index < -0.39 is 11.6 Å². The fourth-order valence-corrected chi connectivity index (χ4v) is 5.81. The molecule has 7 heteroatoms. The van der Waals surface area contributed by atoms with Crippen LogP contribution in [0.4, 0.5) is 5.69 Å². The van der Waals surface area contributed by atoms with E-state index in [9.17, 15) is 24.9 Å². The number of hydrogen-bond donors (Lipinski definition) is 4. The van der Waals surface area contributed by atoms with Gasteiger partial charge in [0.1, 0.15) is 0 Å². The maximum atomic E-state index is 12.9. The molecule has 0 unspecified atom stereocenters. The van der Waals surface area contributed by atoms with Crippen LogP contribution in [0.5, 0.6) is 0 Å². The van der Waals surface area contributed by atoms with Gasteiger partial charge in [0.25, 0.3) is 5.56 Å². The van der Waals surface area contributed by atoms with Gasteiger partial charge in [0.05, 0.1) is 31.3 Å². The van der Waals surface area contributed by atoms with E-state index in [-0.39, 0.29) is 41.9 Å². The third kappa shape index (κ3) is 5.17. The third-order valence-corrected chi connectivity index (χ3v) is 6.12. The number of pyridine rings is 1. The molecule has 1 aliphatic rings. The zero-order valence-corrected chi connectivity index (χ0v) is 18.8. The van der Waals surface area contributed by atoms with Crippen LogP contribution in [-0.2, 0) is 4.79 Å². The van der Waals surface area contributed by atoms with Crippen molar-refractivity contribution in [2.75, 3.05) is 18.5 Å². The topological polar surface area (TPSA) is 112 Å². The number of nitrogens with zero attached hydrogens (tertiary/aromatic N) is 1. The van der Waals surface area contributed by atoms with Crippen molar-refractivity contribution in [3.63, 3.8) is 0 Å². The van der Waals surface area contributed by atoms with Crippen molar-refractivity contribution >= 4 is 22.4 Å². The summed E-state index contributed by atoms with van der Waals surface area (Å²) in [5.41, 5.74) is -1.05. The molecule has 3 rings (SSSR count). The Morgan fingerprint density at radius 1 is 1.03 bits per heavy atom. The average Bonchev–Trinajstić information content (AvgIpc) is 2.61. The van der Waals surface area contributed by atoms with Gasteiger partial charge in [-0.2, -0.15) is 0 Å². The predicted molar refractivity (Wildman–Crippen MR) is 121 cm³/mol. The molecule has 31 heavy (non-hydrogen) atoms. The van der Waals surface area contributed by atoms with Crippen molar-refractivity contribution in [3.05, 3.63) is 40.8 Å². The summed E-state index contributed by atoms with van der Waals surface area (Å²) >= 11 is 0. The highest BCUT2D eigenvalue weighted by molar-refractivity contribution is 6.02. The Labute approximate surface area is 182 Å². The van der Waals surface area contributed by atoms with Gasteiger partial charge in [-0.05, 0) is 48.3 Å². The summed E-state index contributed by atoms with van der Waals surface area (Å²) in [7, 11) is 0. The summed E-state index contributed by atoms with van der Waals surface area (Å²) in [6.45, 7) is 7.78. The molecule has 1 aliphatic carbocycles. The number of carbonyl (C=O) groups is 1. The molecule has 4 N–H and O–H groups in total. The van der Waals surface area contributed by atoms with Crippen LogP contribution in [0, 0.1) is 10.8 Å². The second-order valence-corrected chi connectivity index (χ2v) is 10.6. The van der Waals surface area contributed by atoms with Crippen LogP contribution < -0.4 is 10.9 Å². The fourth-order valence-electron chi connectivity index (χ4n) is 5.81. The van der Waals surface area contributed by atoms with Gasteiger partial charge in [-0.25, -0.2) is 0 Å². The van der Waals surface area contributed by atoms with E-state index in [1.54, 1.807) is 24.3 Å². The Hall–Kier alpha value is -2.22. The Morgan fingerprint density at radius 2 is 1.65 bits per heavy atom. The monoisotopic (exact) mass is 430 g/mol. The molecule has 1 heterocycles. The van der Waals surface area contributed by atoms with Crippen molar-refractivity contribution in [1.29, 1.82) is 0 Å². The summed E-state index contributed by atoms with van der Waals surface area (Å²) in [5, 5.41) is 33.9. The van der Waals surface area contributed by atoms with E-state index in [4.69, 9.17) is 0 Å². The Bertz CT molecular complexity index is 1000. The van der Waals surface area contributed by atoms with Gasteiger partial charge in [0.15, 0.2) is 0 Å². The van der Waals surface area contributed by atoms with Gasteiger partial charge in [-0.15, -0.1) is 0 Å². The second-order valence-electron chi connectivity index (χ2n) is 10.6. The van der Waals surface area contributed by atoms with E-state index in [1.807, 2.05) is 0 Å². The highest BCUT2D eigenvalue weighted by Crippen LogP contribution is 2.51. The Kier molecular flexibility index (Phi) is 6.33. The largest absolute Gasteiger partial charge is 0.394 e. The van der Waals surface area contributed by atoms with Crippen LogP contribution in [0.3, 0.4) is 0 Å². The number of aliphatic hydroxyl groups is 3. The molecule has 170 valence electrons. The summed E-state index contributed by atoms with van der Waals surface area (Å²) in [5.74, 6) is -0.295. The number of carbonyl (C=O) groups excluding carboxylic acids is 1. The molecule has 7 nitrogen and oxygen atoms in total. The summed E-state index contributed by atoms with van der Waals surface area (Å²) in [6.07, 6.45) is 3.60. The molecule has 1 saturated carbocycles. The molecule has 0 bridgehead atoms. The number of benzene rings is 1. The molecular formula is C24H34N2O5. The number of nitrogens with one attached hydrogen (secondary N) is 1. The zero-order chi connectivity index (χ0) is 23.0. The SMILES string of the molecule is CC1(C)CC(C)(C)CC(O)(CC(=O)Nc2cccc3c(=O)n(C(CO)CO)ccc23)C1. The van der Waals surface area contributed by atoms with E-state index in [2.05, 4.69) is 33.0 Å². The minimum Gasteiger partial charge on any atom is -0.394 e. The molecule has 1 aromatic carbocycles. The fraction of sp³-hybridized carbons (Fsp3) is 0.583. The van der Waals surface area contributed by atoms with Gasteiger partial charge in [-0.1, -0.05) is 33.8 Å². The highest BCUT2D eigenvalue weighted by atomic mass is 16.3. The van der Waals surface area contributed by atoms with Crippen LogP contribution in [-0.4, -0.2) is 44.6 Å². The summed E-state index contributed by atoms with van der Waals surface area (Å²) < 4.78 is 1.29. The minimum absolute atomic E-state index is 0.00951. The van der Waals surface area contributed by atoms with E-state index in [0.717, 1.165) is 6.42 Å². The number of hydrogen-bond acceptors (Lipinski definition) is 5. The van der Waals surface area contributed by atoms with Crippen LogP contribution in [0.25, 0.3) is 10.8 Å². The number of anilines is 1. The number of aromatic nitrogens is 1. The predicted octanol–water partition coefficient (Wildman–Crippen LogP) is 2.82. The molecule has 0 saturated heterocycles. The molecule has 2 aromatic rings. The number of aliphatic hydroxyl groups excluding tert-OH is 2. The number of rotatable bonds is 6. The van der Waals surface area contributed by atoms with Gasteiger partial charge < -0.3 is 25.2 Å². The number of fused-ring (bicyclic) bond motifs is 1. The average molecular weight is 431 g/mol. The Balaban J connectivity index is 1.86. The quantitative estimate of drug-likeness (QED) is 0.563. The van der Waals surface area contributed by atoms with Crippen LogP contribution >= 0.6 is 0 Å². The summed E-state index contributed by atoms with van der Waals surface area (Å²) in [6, 6.07) is 6.01. The molecule has 1 fully saturated rings. The molecule has 1 aromatic heterocycles. The van der Waals surface area contributed by atoms with E-state index in [0.29, 0.717) is 29.3 Å². The lowest BCUT2D eigenvalue weighted by Gasteiger charge is -2.49. The lowest BCUT2D eigenvalue weighted by Crippen LogP contribution is -2.47. The minimum atomic E-state index is -1.08. The first-order valence-corrected chi connectivity index (χ1v) is 10.8. The molecule has 0 radical (unpaired) electrons. The van der Waals surface area contributed by atoms with Gasteiger partial charge in [-0.3, -0.25) is 9.59 Å². The van der Waals surface area contributed by atoms with Crippen molar-refractivity contribution in [3.8, 4) is 0 Å². The summed E-state index contributed by atoms with van der Waals surface area (Å²) in [4.78, 5) is 25.7. The molecular weight excluding hydrogens is 396 g/mol. The first kappa shape index (κ1) is 23.4. The van der Waals surface area contributed by atoms with E-state index >= 15 is 0 Å². The third-order valence-electron chi connectivity index (χ3n) is 6.12. The van der Waals surface area contributed by atoms with Crippen LogP contribution in [0.2, 0.25) is 0 Å². The normalized spacial score (nSPS) is 19.5. The van der Waals surface area contributed by atoms with Gasteiger partial charge in [0, 0.05) is 22.7 Å². The van der Waals surface area contributed by atoms with Crippen molar-refractivity contribution in [2.24, 2.45) is 10.8 Å². The maximum absolute atomic E-state index is 12.9.